The van der Waals surface area contributed by atoms with Gasteiger partial charge in [-0.25, -0.2) is 4.98 Å². The van der Waals surface area contributed by atoms with Gasteiger partial charge in [-0.15, -0.1) is 0 Å². The number of benzene rings is 2. The third-order valence-corrected chi connectivity index (χ3v) is 4.80. The summed E-state index contributed by atoms with van der Waals surface area (Å²) in [4.78, 5) is 4.94. The molecule has 0 radical (unpaired) electrons. The van der Waals surface area contributed by atoms with E-state index in [0.29, 0.717) is 0 Å². The maximum absolute atomic E-state index is 4.94. The molecular formula is C21H28N2. The predicted molar refractivity (Wildman–Crippen MR) is 101 cm³/mol. The van der Waals surface area contributed by atoms with Gasteiger partial charge >= 0.3 is 0 Å². The Kier molecular flexibility index (Phi) is 4.93. The highest BCUT2D eigenvalue weighted by molar-refractivity contribution is 5.88. The largest absolute Gasteiger partial charge is 0.327 e. The lowest BCUT2D eigenvalue weighted by molar-refractivity contribution is 0.953. The van der Waals surface area contributed by atoms with E-state index in [9.17, 15) is 0 Å². The highest BCUT2D eigenvalue weighted by Crippen LogP contribution is 2.32. The normalized spacial score (nSPS) is 10.6. The zero-order valence-corrected chi connectivity index (χ0v) is 15.7. The van der Waals surface area contributed by atoms with E-state index >= 15 is 0 Å². The first-order valence-corrected chi connectivity index (χ1v) is 8.41. The number of hydrogen-bond acceptors (Lipinski definition) is 1. The van der Waals surface area contributed by atoms with Crippen LogP contribution in [0.3, 0.4) is 0 Å². The van der Waals surface area contributed by atoms with Crippen molar-refractivity contribution in [1.82, 2.24) is 9.55 Å². The average Bonchev–Trinajstić information content (AvgIpc) is 2.91. The van der Waals surface area contributed by atoms with Crippen LogP contribution in [0, 0.1) is 34.6 Å². The van der Waals surface area contributed by atoms with Gasteiger partial charge in [-0.3, -0.25) is 0 Å². The second-order valence-corrected chi connectivity index (χ2v) is 6.06. The van der Waals surface area contributed by atoms with Crippen molar-refractivity contribution in [2.45, 2.75) is 48.5 Å². The van der Waals surface area contributed by atoms with Crippen LogP contribution in [0.15, 0.2) is 24.3 Å². The molecule has 0 fully saturated rings. The summed E-state index contributed by atoms with van der Waals surface area (Å²) in [7, 11) is 2.12. The molecule has 0 aliphatic rings. The van der Waals surface area contributed by atoms with Gasteiger partial charge in [0, 0.05) is 12.6 Å². The number of imidazole rings is 1. The lowest BCUT2D eigenvalue weighted by Gasteiger charge is -2.11. The van der Waals surface area contributed by atoms with E-state index in [-0.39, 0.29) is 0 Å². The van der Waals surface area contributed by atoms with Crippen LogP contribution >= 0.6 is 0 Å². The summed E-state index contributed by atoms with van der Waals surface area (Å²) in [5.74, 6) is 1.04. The fourth-order valence-electron chi connectivity index (χ4n) is 3.07. The molecule has 0 aliphatic heterocycles. The third-order valence-electron chi connectivity index (χ3n) is 4.80. The zero-order valence-electron chi connectivity index (χ0n) is 15.7. The van der Waals surface area contributed by atoms with Crippen molar-refractivity contribution < 1.29 is 0 Å². The monoisotopic (exact) mass is 308 g/mol. The molecule has 122 valence electrons. The minimum absolute atomic E-state index is 1.04. The maximum Gasteiger partial charge on any atom is 0.140 e. The summed E-state index contributed by atoms with van der Waals surface area (Å²) in [6, 6.07) is 8.59. The Labute approximate surface area is 140 Å². The zero-order chi connectivity index (χ0) is 17.3. The summed E-state index contributed by atoms with van der Waals surface area (Å²) in [5.41, 5.74) is 10.2. The first-order valence-electron chi connectivity index (χ1n) is 8.41. The molecule has 2 heteroatoms. The van der Waals surface area contributed by atoms with Gasteiger partial charge in [0.2, 0.25) is 0 Å². The molecule has 0 saturated heterocycles. The van der Waals surface area contributed by atoms with Gasteiger partial charge in [-0.1, -0.05) is 43.7 Å². The van der Waals surface area contributed by atoms with Gasteiger partial charge < -0.3 is 4.57 Å². The van der Waals surface area contributed by atoms with Gasteiger partial charge in [0.05, 0.1) is 11.0 Å². The maximum atomic E-state index is 4.94. The quantitative estimate of drug-likeness (QED) is 0.555. The number of hydrogen-bond donors (Lipinski definition) is 0. The first kappa shape index (κ1) is 17.3. The summed E-state index contributed by atoms with van der Waals surface area (Å²) in [6.45, 7) is 14.9. The average molecular weight is 308 g/mol. The van der Waals surface area contributed by atoms with Crippen molar-refractivity contribution >= 4 is 11.0 Å². The van der Waals surface area contributed by atoms with Gasteiger partial charge in [-0.05, 0) is 56.9 Å². The minimum atomic E-state index is 1.04. The van der Waals surface area contributed by atoms with Crippen LogP contribution in [-0.2, 0) is 7.05 Å². The summed E-state index contributed by atoms with van der Waals surface area (Å²) < 4.78 is 2.23. The van der Waals surface area contributed by atoms with Crippen LogP contribution in [0.1, 0.15) is 41.7 Å². The van der Waals surface area contributed by atoms with E-state index in [2.05, 4.69) is 70.5 Å². The van der Waals surface area contributed by atoms with Crippen molar-refractivity contribution in [2.75, 3.05) is 0 Å². The van der Waals surface area contributed by atoms with Crippen molar-refractivity contribution in [1.29, 1.82) is 0 Å². The van der Waals surface area contributed by atoms with Crippen LogP contribution in [-0.4, -0.2) is 9.55 Å². The number of fused-ring (bicyclic) bond motifs is 1. The highest BCUT2D eigenvalue weighted by Gasteiger charge is 2.17. The van der Waals surface area contributed by atoms with Crippen LogP contribution in [0.25, 0.3) is 22.4 Å². The Morgan fingerprint density at radius 2 is 1.26 bits per heavy atom. The van der Waals surface area contributed by atoms with E-state index in [1.54, 1.807) is 0 Å². The number of nitrogens with zero attached hydrogens (tertiary/aromatic N) is 2. The molecule has 2 aromatic carbocycles. The lowest BCUT2D eigenvalue weighted by atomic mass is 9.97. The van der Waals surface area contributed by atoms with Gasteiger partial charge in [0.15, 0.2) is 0 Å². The fraction of sp³-hybridized carbons (Fsp3) is 0.381. The topological polar surface area (TPSA) is 17.8 Å². The molecule has 0 aliphatic carbocycles. The summed E-state index contributed by atoms with van der Waals surface area (Å²) in [6.07, 6.45) is 0. The van der Waals surface area contributed by atoms with Crippen LogP contribution in [0.2, 0.25) is 0 Å². The first-order chi connectivity index (χ1) is 10.9. The van der Waals surface area contributed by atoms with Crippen molar-refractivity contribution in [3.05, 3.63) is 52.1 Å². The Hall–Kier alpha value is -2.09. The fourth-order valence-corrected chi connectivity index (χ4v) is 3.07. The van der Waals surface area contributed by atoms with Gasteiger partial charge in [-0.2, -0.15) is 0 Å². The van der Waals surface area contributed by atoms with E-state index in [4.69, 9.17) is 4.98 Å². The molecule has 0 N–H and O–H groups in total. The van der Waals surface area contributed by atoms with Gasteiger partial charge in [0.25, 0.3) is 0 Å². The number of aromatic nitrogens is 2. The SMILES string of the molecule is CC.Cc1ccc(-c2nc3c(C)c(C)c(C)c(C)c3n2C)cc1. The Morgan fingerprint density at radius 3 is 1.83 bits per heavy atom. The number of aryl methyl sites for hydroxylation is 4. The molecule has 0 spiro atoms. The van der Waals surface area contributed by atoms with Crippen LogP contribution in [0.5, 0.6) is 0 Å². The predicted octanol–water partition coefficient (Wildman–Crippen LogP) is 5.81. The molecule has 0 saturated carbocycles. The van der Waals surface area contributed by atoms with Crippen molar-refractivity contribution in [3.63, 3.8) is 0 Å². The Morgan fingerprint density at radius 1 is 0.739 bits per heavy atom. The molecular weight excluding hydrogens is 280 g/mol. The molecule has 2 nitrogen and oxygen atoms in total. The second kappa shape index (κ2) is 6.57. The van der Waals surface area contributed by atoms with E-state index in [1.807, 2.05) is 13.8 Å². The molecule has 1 aromatic heterocycles. The molecule has 0 unspecified atom stereocenters. The summed E-state index contributed by atoms with van der Waals surface area (Å²) in [5, 5.41) is 0. The van der Waals surface area contributed by atoms with Crippen LogP contribution < -0.4 is 0 Å². The van der Waals surface area contributed by atoms with E-state index < -0.39 is 0 Å². The minimum Gasteiger partial charge on any atom is -0.327 e. The van der Waals surface area contributed by atoms with Crippen LogP contribution in [0.4, 0.5) is 0 Å². The Bertz CT molecular complexity index is 837. The molecule has 23 heavy (non-hydrogen) atoms. The highest BCUT2D eigenvalue weighted by atomic mass is 15.1. The lowest BCUT2D eigenvalue weighted by Crippen LogP contribution is -1.97. The smallest absolute Gasteiger partial charge is 0.140 e. The van der Waals surface area contributed by atoms with Crippen molar-refractivity contribution in [2.24, 2.45) is 7.05 Å². The molecule has 0 atom stereocenters. The molecule has 3 aromatic rings. The van der Waals surface area contributed by atoms with Crippen molar-refractivity contribution in [3.8, 4) is 11.4 Å². The number of rotatable bonds is 1. The molecule has 3 rings (SSSR count). The third kappa shape index (κ3) is 2.78. The second-order valence-electron chi connectivity index (χ2n) is 6.06. The Balaban J connectivity index is 0.000000924. The van der Waals surface area contributed by atoms with E-state index in [1.165, 1.54) is 38.9 Å². The van der Waals surface area contributed by atoms with Gasteiger partial charge in [0.1, 0.15) is 5.82 Å². The molecule has 0 amide bonds. The molecule has 0 bridgehead atoms. The standard InChI is InChI=1S/C19H22N2.C2H6/c1-11-7-9-16(10-8-11)19-20-17-14(4)12(2)13(3)15(5)18(17)21(19)6;1-2/h7-10H,1-6H3;1-2H3. The van der Waals surface area contributed by atoms with E-state index in [0.717, 1.165) is 11.3 Å². The molecule has 1 heterocycles. The summed E-state index contributed by atoms with van der Waals surface area (Å²) >= 11 is 0.